The van der Waals surface area contributed by atoms with E-state index >= 15 is 0 Å². The SMILES string of the molecule is Cc1ccc(N2C(=O)NC3CC2(C)Oc2ccccc23)cc1. The van der Waals surface area contributed by atoms with E-state index in [0.717, 1.165) is 23.4 Å². The number of amides is 2. The fourth-order valence-corrected chi connectivity index (χ4v) is 3.41. The summed E-state index contributed by atoms with van der Waals surface area (Å²) in [5, 5.41) is 3.10. The zero-order valence-corrected chi connectivity index (χ0v) is 12.7. The summed E-state index contributed by atoms with van der Waals surface area (Å²) in [6, 6.07) is 15.7. The summed E-state index contributed by atoms with van der Waals surface area (Å²) < 4.78 is 6.22. The highest BCUT2D eigenvalue weighted by Crippen LogP contribution is 2.45. The van der Waals surface area contributed by atoms with Crippen molar-refractivity contribution in [3.63, 3.8) is 0 Å². The Balaban J connectivity index is 1.80. The van der Waals surface area contributed by atoms with Crippen LogP contribution >= 0.6 is 0 Å². The topological polar surface area (TPSA) is 41.6 Å². The molecule has 2 atom stereocenters. The first kappa shape index (κ1) is 13.2. The maximum absolute atomic E-state index is 12.6. The molecular weight excluding hydrogens is 276 g/mol. The minimum atomic E-state index is -0.670. The van der Waals surface area contributed by atoms with E-state index in [4.69, 9.17) is 4.74 Å². The van der Waals surface area contributed by atoms with Gasteiger partial charge in [-0.2, -0.15) is 0 Å². The van der Waals surface area contributed by atoms with E-state index in [-0.39, 0.29) is 12.1 Å². The van der Waals surface area contributed by atoms with Crippen LogP contribution in [0.1, 0.15) is 30.5 Å². The van der Waals surface area contributed by atoms with Crippen LogP contribution in [0.5, 0.6) is 5.75 Å². The molecule has 1 saturated heterocycles. The van der Waals surface area contributed by atoms with Gasteiger partial charge in [-0.1, -0.05) is 35.9 Å². The number of ether oxygens (including phenoxy) is 1. The molecule has 2 aromatic carbocycles. The molecule has 2 aliphatic rings. The molecule has 4 rings (SSSR count). The van der Waals surface area contributed by atoms with Gasteiger partial charge in [0, 0.05) is 17.7 Å². The second kappa shape index (κ2) is 4.50. The van der Waals surface area contributed by atoms with Crippen molar-refractivity contribution in [2.45, 2.75) is 32.0 Å². The van der Waals surface area contributed by atoms with Crippen molar-refractivity contribution in [2.75, 3.05) is 4.90 Å². The van der Waals surface area contributed by atoms with Crippen LogP contribution < -0.4 is 15.0 Å². The summed E-state index contributed by atoms with van der Waals surface area (Å²) in [6.45, 7) is 4.01. The van der Waals surface area contributed by atoms with Gasteiger partial charge in [-0.15, -0.1) is 0 Å². The summed E-state index contributed by atoms with van der Waals surface area (Å²) in [5.74, 6) is 0.846. The molecule has 1 N–H and O–H groups in total. The molecule has 4 heteroatoms. The van der Waals surface area contributed by atoms with E-state index in [0.29, 0.717) is 0 Å². The van der Waals surface area contributed by atoms with Crippen molar-refractivity contribution in [1.82, 2.24) is 5.32 Å². The standard InChI is InChI=1S/C18H18N2O2/c1-12-7-9-13(10-8-12)20-17(21)19-15-11-18(20,2)22-16-6-4-3-5-14(15)16/h3-10,15H,11H2,1-2H3,(H,19,21). The Bertz CT molecular complexity index is 741. The van der Waals surface area contributed by atoms with Gasteiger partial charge in [0.25, 0.3) is 0 Å². The van der Waals surface area contributed by atoms with Gasteiger partial charge in [0.1, 0.15) is 5.75 Å². The summed E-state index contributed by atoms with van der Waals surface area (Å²) in [6.07, 6.45) is 0.726. The lowest BCUT2D eigenvalue weighted by atomic mass is 9.90. The second-order valence-electron chi connectivity index (χ2n) is 6.19. The van der Waals surface area contributed by atoms with Crippen LogP contribution in [-0.2, 0) is 0 Å². The van der Waals surface area contributed by atoms with Crippen LogP contribution in [0.15, 0.2) is 48.5 Å². The van der Waals surface area contributed by atoms with Gasteiger partial charge in [-0.05, 0) is 32.0 Å². The van der Waals surface area contributed by atoms with E-state index in [2.05, 4.69) is 5.32 Å². The molecule has 2 aliphatic heterocycles. The van der Waals surface area contributed by atoms with Gasteiger partial charge in [0.05, 0.1) is 6.04 Å². The highest BCUT2D eigenvalue weighted by Gasteiger charge is 2.49. The fraction of sp³-hybridized carbons (Fsp3) is 0.278. The average molecular weight is 294 g/mol. The molecule has 0 aromatic heterocycles. The van der Waals surface area contributed by atoms with Crippen LogP contribution in [0, 0.1) is 6.92 Å². The molecule has 1 fully saturated rings. The number of carbonyl (C=O) groups is 1. The third-order valence-electron chi connectivity index (χ3n) is 4.47. The smallest absolute Gasteiger partial charge is 0.325 e. The van der Waals surface area contributed by atoms with Crippen molar-refractivity contribution in [1.29, 1.82) is 0 Å². The Hall–Kier alpha value is -2.49. The van der Waals surface area contributed by atoms with Crippen LogP contribution in [0.25, 0.3) is 0 Å². The molecule has 2 amide bonds. The molecule has 2 unspecified atom stereocenters. The summed E-state index contributed by atoms with van der Waals surface area (Å²) >= 11 is 0. The van der Waals surface area contributed by atoms with Crippen molar-refractivity contribution in [3.05, 3.63) is 59.7 Å². The third-order valence-corrected chi connectivity index (χ3v) is 4.47. The van der Waals surface area contributed by atoms with Crippen LogP contribution in [0.2, 0.25) is 0 Å². The Morgan fingerprint density at radius 2 is 1.91 bits per heavy atom. The lowest BCUT2D eigenvalue weighted by Gasteiger charge is -2.50. The number of aryl methyl sites for hydroxylation is 1. The van der Waals surface area contributed by atoms with Gasteiger partial charge in [-0.25, -0.2) is 4.79 Å². The predicted molar refractivity (Wildman–Crippen MR) is 85.0 cm³/mol. The zero-order chi connectivity index (χ0) is 15.3. The normalized spacial score (nSPS) is 26.0. The Morgan fingerprint density at radius 1 is 1.18 bits per heavy atom. The molecule has 0 radical (unpaired) electrons. The molecule has 0 saturated carbocycles. The lowest BCUT2D eigenvalue weighted by Crippen LogP contribution is -2.65. The molecule has 0 spiro atoms. The summed E-state index contributed by atoms with van der Waals surface area (Å²) in [5.41, 5.74) is 2.40. The molecule has 4 nitrogen and oxygen atoms in total. The Morgan fingerprint density at radius 3 is 2.68 bits per heavy atom. The Kier molecular flexibility index (Phi) is 2.70. The lowest BCUT2D eigenvalue weighted by molar-refractivity contribution is 0.0379. The van der Waals surface area contributed by atoms with E-state index in [1.807, 2.05) is 62.4 Å². The fourth-order valence-electron chi connectivity index (χ4n) is 3.41. The van der Waals surface area contributed by atoms with Gasteiger partial charge in [-0.3, -0.25) is 4.90 Å². The molecule has 2 heterocycles. The number of fused-ring (bicyclic) bond motifs is 4. The number of hydrogen-bond donors (Lipinski definition) is 1. The first-order chi connectivity index (χ1) is 10.6. The monoisotopic (exact) mass is 294 g/mol. The van der Waals surface area contributed by atoms with E-state index in [9.17, 15) is 4.79 Å². The number of carbonyl (C=O) groups excluding carboxylic acids is 1. The maximum atomic E-state index is 12.6. The van der Waals surface area contributed by atoms with E-state index in [1.54, 1.807) is 4.90 Å². The highest BCUT2D eigenvalue weighted by molar-refractivity contribution is 5.94. The van der Waals surface area contributed by atoms with Gasteiger partial charge in [0.15, 0.2) is 5.72 Å². The van der Waals surface area contributed by atoms with Crippen molar-refractivity contribution in [2.24, 2.45) is 0 Å². The van der Waals surface area contributed by atoms with Crippen molar-refractivity contribution in [3.8, 4) is 5.75 Å². The summed E-state index contributed by atoms with van der Waals surface area (Å²) in [4.78, 5) is 14.4. The van der Waals surface area contributed by atoms with Gasteiger partial charge >= 0.3 is 6.03 Å². The van der Waals surface area contributed by atoms with Crippen LogP contribution in [-0.4, -0.2) is 11.8 Å². The zero-order valence-electron chi connectivity index (χ0n) is 12.7. The van der Waals surface area contributed by atoms with Gasteiger partial charge < -0.3 is 10.1 Å². The van der Waals surface area contributed by atoms with E-state index < -0.39 is 5.72 Å². The van der Waals surface area contributed by atoms with Crippen LogP contribution in [0.3, 0.4) is 0 Å². The number of para-hydroxylation sites is 1. The maximum Gasteiger partial charge on any atom is 0.325 e. The number of nitrogens with one attached hydrogen (secondary N) is 1. The first-order valence-electron chi connectivity index (χ1n) is 7.52. The number of hydrogen-bond acceptors (Lipinski definition) is 2. The number of urea groups is 1. The largest absolute Gasteiger partial charge is 0.467 e. The molecule has 22 heavy (non-hydrogen) atoms. The Labute approximate surface area is 129 Å². The molecule has 0 aliphatic carbocycles. The number of rotatable bonds is 1. The molecule has 2 bridgehead atoms. The van der Waals surface area contributed by atoms with Crippen molar-refractivity contribution >= 4 is 11.7 Å². The number of anilines is 1. The highest BCUT2D eigenvalue weighted by atomic mass is 16.5. The molecular formula is C18H18N2O2. The van der Waals surface area contributed by atoms with E-state index in [1.165, 1.54) is 5.56 Å². The second-order valence-corrected chi connectivity index (χ2v) is 6.19. The quantitative estimate of drug-likeness (QED) is 0.870. The molecule has 112 valence electrons. The third kappa shape index (κ3) is 1.87. The minimum Gasteiger partial charge on any atom is -0.467 e. The average Bonchev–Trinajstić information content (AvgIpc) is 2.48. The predicted octanol–water partition coefficient (Wildman–Crippen LogP) is 3.76. The number of benzene rings is 2. The minimum absolute atomic E-state index is 0.00384. The van der Waals surface area contributed by atoms with Crippen LogP contribution in [0.4, 0.5) is 10.5 Å². The summed E-state index contributed by atoms with van der Waals surface area (Å²) in [7, 11) is 0. The van der Waals surface area contributed by atoms with Gasteiger partial charge in [0.2, 0.25) is 0 Å². The first-order valence-corrected chi connectivity index (χ1v) is 7.52. The van der Waals surface area contributed by atoms with Crippen molar-refractivity contribution < 1.29 is 9.53 Å². The number of nitrogens with zero attached hydrogens (tertiary/aromatic N) is 1. The molecule has 2 aromatic rings.